The van der Waals surface area contributed by atoms with Crippen LogP contribution < -0.4 is 0 Å². The lowest BCUT2D eigenvalue weighted by Gasteiger charge is -2.26. The van der Waals surface area contributed by atoms with Crippen LogP contribution in [0, 0.1) is 13.8 Å². The lowest BCUT2D eigenvalue weighted by molar-refractivity contribution is 0.0771. The molecule has 1 amide bonds. The summed E-state index contributed by atoms with van der Waals surface area (Å²) in [4.78, 5) is 15.2. The highest BCUT2D eigenvalue weighted by Crippen LogP contribution is 2.20. The smallest absolute Gasteiger partial charge is 0.256 e. The van der Waals surface area contributed by atoms with Gasteiger partial charge in [0.05, 0.1) is 11.3 Å². The Hall–Kier alpha value is -0.550. The van der Waals surface area contributed by atoms with Crippen LogP contribution in [-0.4, -0.2) is 39.8 Å². The normalized spacial score (nSPS) is 16.8. The highest BCUT2D eigenvalue weighted by molar-refractivity contribution is 7.99. The average molecular weight is 242 g/mol. The molecule has 1 saturated heterocycles. The van der Waals surface area contributed by atoms with E-state index in [4.69, 9.17) is 0 Å². The Balaban J connectivity index is 2.19. The molecule has 1 aliphatic heterocycles. The number of nitrogens with zero attached hydrogens (tertiary/aromatic N) is 2. The van der Waals surface area contributed by atoms with Gasteiger partial charge < -0.3 is 4.90 Å². The van der Waals surface area contributed by atoms with Crippen LogP contribution in [0.3, 0.4) is 0 Å². The van der Waals surface area contributed by atoms with Gasteiger partial charge in [-0.05, 0) is 25.4 Å². The van der Waals surface area contributed by atoms with Gasteiger partial charge in [0.25, 0.3) is 5.91 Å². The molecule has 0 atom stereocenters. The standard InChI is InChI=1S/C10H14N2OS2/c1-7-9(8(2)15-11-7)10(13)12-3-5-14-6-4-12/h3-6H2,1-2H3. The topological polar surface area (TPSA) is 33.2 Å². The SMILES string of the molecule is Cc1nsc(C)c1C(=O)N1CCSCC1. The van der Waals surface area contributed by atoms with Crippen molar-refractivity contribution in [3.8, 4) is 0 Å². The molecule has 0 unspecified atom stereocenters. The molecule has 1 fully saturated rings. The van der Waals surface area contributed by atoms with E-state index in [0.29, 0.717) is 0 Å². The van der Waals surface area contributed by atoms with Crippen LogP contribution in [0.1, 0.15) is 20.9 Å². The zero-order chi connectivity index (χ0) is 10.8. The molecule has 1 aromatic rings. The van der Waals surface area contributed by atoms with Gasteiger partial charge in [-0.15, -0.1) is 0 Å². The van der Waals surface area contributed by atoms with Crippen molar-refractivity contribution in [2.45, 2.75) is 13.8 Å². The van der Waals surface area contributed by atoms with Crippen molar-refractivity contribution < 1.29 is 4.79 Å². The van der Waals surface area contributed by atoms with Crippen LogP contribution in [0.25, 0.3) is 0 Å². The molecule has 5 heteroatoms. The first-order valence-electron chi connectivity index (χ1n) is 5.00. The summed E-state index contributed by atoms with van der Waals surface area (Å²) in [5, 5.41) is 0. The zero-order valence-corrected chi connectivity index (χ0v) is 10.6. The van der Waals surface area contributed by atoms with Crippen molar-refractivity contribution in [1.29, 1.82) is 0 Å². The molecule has 2 rings (SSSR count). The Morgan fingerprint density at radius 1 is 1.33 bits per heavy atom. The molecule has 3 nitrogen and oxygen atoms in total. The fourth-order valence-electron chi connectivity index (χ4n) is 1.71. The third-order valence-electron chi connectivity index (χ3n) is 2.55. The summed E-state index contributed by atoms with van der Waals surface area (Å²) in [7, 11) is 0. The molecule has 0 aliphatic carbocycles. The van der Waals surface area contributed by atoms with Crippen molar-refractivity contribution >= 4 is 29.2 Å². The number of thioether (sulfide) groups is 1. The van der Waals surface area contributed by atoms with Gasteiger partial charge in [0, 0.05) is 29.5 Å². The summed E-state index contributed by atoms with van der Waals surface area (Å²) in [6, 6.07) is 0. The highest BCUT2D eigenvalue weighted by atomic mass is 32.2. The first-order valence-corrected chi connectivity index (χ1v) is 6.93. The molecular weight excluding hydrogens is 228 g/mol. The Kier molecular flexibility index (Phi) is 3.31. The lowest BCUT2D eigenvalue weighted by atomic mass is 10.2. The molecule has 1 aromatic heterocycles. The predicted molar refractivity (Wildman–Crippen MR) is 64.8 cm³/mol. The average Bonchev–Trinajstić information content (AvgIpc) is 2.59. The van der Waals surface area contributed by atoms with Gasteiger partial charge >= 0.3 is 0 Å². The molecule has 15 heavy (non-hydrogen) atoms. The number of carbonyl (C=O) groups is 1. The number of rotatable bonds is 1. The molecule has 0 aromatic carbocycles. The molecule has 0 spiro atoms. The fourth-order valence-corrected chi connectivity index (χ4v) is 3.31. The first kappa shape index (κ1) is 11.0. The summed E-state index contributed by atoms with van der Waals surface area (Å²) in [6.45, 7) is 5.63. The van der Waals surface area contributed by atoms with Gasteiger partial charge in [0.15, 0.2) is 0 Å². The number of amides is 1. The maximum atomic E-state index is 12.2. The Labute approximate surface area is 98.0 Å². The monoisotopic (exact) mass is 242 g/mol. The van der Waals surface area contributed by atoms with Gasteiger partial charge in [-0.25, -0.2) is 0 Å². The first-order chi connectivity index (χ1) is 7.20. The predicted octanol–water partition coefficient (Wildman–Crippen LogP) is 1.95. The molecule has 0 radical (unpaired) electrons. The van der Waals surface area contributed by atoms with Crippen molar-refractivity contribution in [3.63, 3.8) is 0 Å². The van der Waals surface area contributed by atoms with Crippen molar-refractivity contribution in [3.05, 3.63) is 16.1 Å². The van der Waals surface area contributed by atoms with Gasteiger partial charge in [-0.2, -0.15) is 16.1 Å². The number of aryl methyl sites for hydroxylation is 2. The van der Waals surface area contributed by atoms with Crippen LogP contribution in [-0.2, 0) is 0 Å². The summed E-state index contributed by atoms with van der Waals surface area (Å²) >= 11 is 3.34. The second-order valence-corrected chi connectivity index (χ2v) is 5.81. The summed E-state index contributed by atoms with van der Waals surface area (Å²) in [5.41, 5.74) is 1.70. The van der Waals surface area contributed by atoms with Gasteiger partial charge in [0.2, 0.25) is 0 Å². The van der Waals surface area contributed by atoms with E-state index in [1.165, 1.54) is 11.5 Å². The summed E-state index contributed by atoms with van der Waals surface area (Å²) in [6.07, 6.45) is 0. The molecule has 0 N–H and O–H groups in total. The molecule has 2 heterocycles. The summed E-state index contributed by atoms with van der Waals surface area (Å²) < 4.78 is 4.22. The Bertz CT molecular complexity index is 350. The van der Waals surface area contributed by atoms with Crippen molar-refractivity contribution in [2.75, 3.05) is 24.6 Å². The van der Waals surface area contributed by atoms with E-state index in [9.17, 15) is 4.79 Å². The van der Waals surface area contributed by atoms with Crippen LogP contribution >= 0.6 is 23.3 Å². The molecule has 82 valence electrons. The van der Waals surface area contributed by atoms with Gasteiger partial charge in [-0.1, -0.05) is 0 Å². The van der Waals surface area contributed by atoms with Crippen LogP contribution in [0.2, 0.25) is 0 Å². The zero-order valence-electron chi connectivity index (χ0n) is 8.95. The van der Waals surface area contributed by atoms with E-state index >= 15 is 0 Å². The van der Waals surface area contributed by atoms with Gasteiger partial charge in [-0.3, -0.25) is 4.79 Å². The highest BCUT2D eigenvalue weighted by Gasteiger charge is 2.23. The van der Waals surface area contributed by atoms with Crippen LogP contribution in [0.5, 0.6) is 0 Å². The number of carbonyl (C=O) groups excluding carboxylic acids is 1. The quantitative estimate of drug-likeness (QED) is 0.754. The maximum Gasteiger partial charge on any atom is 0.256 e. The van der Waals surface area contributed by atoms with Crippen molar-refractivity contribution in [2.24, 2.45) is 0 Å². The third-order valence-corrected chi connectivity index (χ3v) is 4.33. The van der Waals surface area contributed by atoms with Gasteiger partial charge in [0.1, 0.15) is 0 Å². The molecule has 0 bridgehead atoms. The van der Waals surface area contributed by atoms with E-state index in [1.807, 2.05) is 30.5 Å². The molecule has 1 aliphatic rings. The minimum absolute atomic E-state index is 0.166. The second kappa shape index (κ2) is 4.53. The largest absolute Gasteiger partial charge is 0.337 e. The third kappa shape index (κ3) is 2.18. The lowest BCUT2D eigenvalue weighted by Crippen LogP contribution is -2.38. The van der Waals surface area contributed by atoms with E-state index in [0.717, 1.165) is 40.7 Å². The summed E-state index contributed by atoms with van der Waals surface area (Å²) in [5.74, 6) is 2.28. The minimum Gasteiger partial charge on any atom is -0.337 e. The van der Waals surface area contributed by atoms with E-state index in [1.54, 1.807) is 0 Å². The minimum atomic E-state index is 0.166. The van der Waals surface area contributed by atoms with Crippen LogP contribution in [0.4, 0.5) is 0 Å². The fraction of sp³-hybridized carbons (Fsp3) is 0.600. The van der Waals surface area contributed by atoms with E-state index in [2.05, 4.69) is 4.37 Å². The maximum absolute atomic E-state index is 12.2. The number of hydrogen-bond donors (Lipinski definition) is 0. The molecular formula is C10H14N2OS2. The Morgan fingerprint density at radius 2 is 2.00 bits per heavy atom. The van der Waals surface area contributed by atoms with Crippen LogP contribution in [0.15, 0.2) is 0 Å². The van der Waals surface area contributed by atoms with E-state index in [-0.39, 0.29) is 5.91 Å². The van der Waals surface area contributed by atoms with E-state index < -0.39 is 0 Å². The Morgan fingerprint density at radius 3 is 2.53 bits per heavy atom. The number of hydrogen-bond acceptors (Lipinski definition) is 4. The second-order valence-electron chi connectivity index (χ2n) is 3.60. The molecule has 0 saturated carbocycles. The number of aromatic nitrogens is 1. The van der Waals surface area contributed by atoms with Crippen molar-refractivity contribution in [1.82, 2.24) is 9.27 Å².